The zero-order valence-corrected chi connectivity index (χ0v) is 6.50. The Hall–Kier alpha value is -1.08. The van der Waals surface area contributed by atoms with Gasteiger partial charge in [-0.2, -0.15) is 10.2 Å². The molecule has 1 aliphatic rings. The van der Waals surface area contributed by atoms with E-state index in [1.54, 1.807) is 17.4 Å². The van der Waals surface area contributed by atoms with Crippen molar-refractivity contribution in [3.05, 3.63) is 6.08 Å². The molecule has 3 nitrogen and oxygen atoms in total. The van der Waals surface area contributed by atoms with Gasteiger partial charge in [0.2, 0.25) is 0 Å². The molecule has 1 aliphatic heterocycles. The Morgan fingerprint density at radius 3 is 2.40 bits per heavy atom. The maximum Gasteiger partial charge on any atom is 0.0747 e. The Bertz CT molecular complexity index is 203. The fourth-order valence-electron chi connectivity index (χ4n) is 0.567. The van der Waals surface area contributed by atoms with Crippen LogP contribution in [0, 0.1) is 0 Å². The zero-order valence-electron chi connectivity index (χ0n) is 6.50. The third-order valence-electron chi connectivity index (χ3n) is 1.08. The second kappa shape index (κ2) is 2.27. The molecule has 0 saturated carbocycles. The lowest BCUT2D eigenvalue weighted by molar-refractivity contribution is 0.151. The van der Waals surface area contributed by atoms with Gasteiger partial charge in [0.05, 0.1) is 11.8 Å². The highest BCUT2D eigenvalue weighted by atomic mass is 15.7. The molecular formula is C7H11N3. The molecule has 0 aromatic heterocycles. The minimum atomic E-state index is -0.0439. The lowest BCUT2D eigenvalue weighted by Gasteiger charge is -2.27. The summed E-state index contributed by atoms with van der Waals surface area (Å²) < 4.78 is 0. The van der Waals surface area contributed by atoms with E-state index in [-0.39, 0.29) is 5.54 Å². The molecule has 1 heterocycles. The van der Waals surface area contributed by atoms with Crippen LogP contribution in [-0.4, -0.2) is 22.7 Å². The van der Waals surface area contributed by atoms with E-state index in [4.69, 9.17) is 0 Å². The number of nitrogens with zero attached hydrogens (tertiary/aromatic N) is 3. The monoisotopic (exact) mass is 137 g/mol. The molecule has 54 valence electrons. The Kier molecular flexibility index (Phi) is 1.60. The summed E-state index contributed by atoms with van der Waals surface area (Å²) in [4.78, 5) is 0. The quantitative estimate of drug-likeness (QED) is 0.493. The fraction of sp³-hybridized carbons (Fsp3) is 0.571. The van der Waals surface area contributed by atoms with Crippen LogP contribution in [-0.2, 0) is 0 Å². The van der Waals surface area contributed by atoms with E-state index in [0.717, 1.165) is 0 Å². The molecule has 0 bridgehead atoms. The van der Waals surface area contributed by atoms with Crippen LogP contribution in [0.3, 0.4) is 0 Å². The highest BCUT2D eigenvalue weighted by molar-refractivity contribution is 5.83. The SMILES string of the molecule is CC(C)(C)N1N=C=CC=N1. The highest BCUT2D eigenvalue weighted by Gasteiger charge is 2.18. The Morgan fingerprint density at radius 1 is 1.40 bits per heavy atom. The van der Waals surface area contributed by atoms with Gasteiger partial charge in [-0.3, -0.25) is 0 Å². The van der Waals surface area contributed by atoms with Crippen molar-refractivity contribution in [3.63, 3.8) is 0 Å². The number of rotatable bonds is 0. The number of hydrazone groups is 2. The van der Waals surface area contributed by atoms with E-state index in [9.17, 15) is 0 Å². The average molecular weight is 137 g/mol. The Balaban J connectivity index is 2.77. The third-order valence-corrected chi connectivity index (χ3v) is 1.08. The number of allylic oxidation sites excluding steroid dienone is 1. The predicted octanol–water partition coefficient (Wildman–Crippen LogP) is 1.23. The molecule has 0 aromatic carbocycles. The molecule has 0 aromatic rings. The number of hydrogen-bond donors (Lipinski definition) is 0. The normalized spacial score (nSPS) is 16.5. The lowest BCUT2D eigenvalue weighted by Crippen LogP contribution is -2.33. The molecule has 0 fully saturated rings. The van der Waals surface area contributed by atoms with Crippen LogP contribution in [0.15, 0.2) is 16.3 Å². The van der Waals surface area contributed by atoms with Crippen molar-refractivity contribution in [2.24, 2.45) is 10.2 Å². The van der Waals surface area contributed by atoms with Crippen molar-refractivity contribution in [1.82, 2.24) is 5.12 Å². The smallest absolute Gasteiger partial charge is 0.0747 e. The molecule has 10 heavy (non-hydrogen) atoms. The second-order valence-electron chi connectivity index (χ2n) is 3.12. The molecule has 1 rings (SSSR count). The molecule has 0 aliphatic carbocycles. The van der Waals surface area contributed by atoms with Gasteiger partial charge < -0.3 is 0 Å². The Morgan fingerprint density at radius 2 is 2.10 bits per heavy atom. The van der Waals surface area contributed by atoms with E-state index in [1.807, 2.05) is 20.8 Å². The summed E-state index contributed by atoms with van der Waals surface area (Å²) in [5.41, 5.74) is -0.0439. The first kappa shape index (κ1) is 7.03. The van der Waals surface area contributed by atoms with Crippen molar-refractivity contribution in [1.29, 1.82) is 0 Å². The molecule has 0 atom stereocenters. The largest absolute Gasteiger partial charge is 0.171 e. The number of hydrogen-bond acceptors (Lipinski definition) is 3. The Labute approximate surface area is 60.7 Å². The van der Waals surface area contributed by atoms with E-state index in [2.05, 4.69) is 16.1 Å². The van der Waals surface area contributed by atoms with E-state index >= 15 is 0 Å². The van der Waals surface area contributed by atoms with Gasteiger partial charge in [-0.05, 0) is 20.8 Å². The van der Waals surface area contributed by atoms with Crippen LogP contribution in [0.4, 0.5) is 0 Å². The van der Waals surface area contributed by atoms with Crippen molar-refractivity contribution < 1.29 is 0 Å². The maximum absolute atomic E-state index is 4.02. The zero-order chi connectivity index (χ0) is 7.61. The first-order chi connectivity index (χ1) is 4.61. The minimum absolute atomic E-state index is 0.0439. The molecule has 0 N–H and O–H groups in total. The summed E-state index contributed by atoms with van der Waals surface area (Å²) in [5.74, 6) is 2.72. The van der Waals surface area contributed by atoms with Crippen LogP contribution in [0.2, 0.25) is 0 Å². The summed E-state index contributed by atoms with van der Waals surface area (Å²) >= 11 is 0. The molecule has 0 saturated heterocycles. The van der Waals surface area contributed by atoms with Gasteiger partial charge in [0.25, 0.3) is 0 Å². The van der Waals surface area contributed by atoms with E-state index in [1.165, 1.54) is 0 Å². The van der Waals surface area contributed by atoms with Crippen LogP contribution in [0.5, 0.6) is 0 Å². The van der Waals surface area contributed by atoms with Gasteiger partial charge in [0.1, 0.15) is 0 Å². The van der Waals surface area contributed by atoms with E-state index < -0.39 is 0 Å². The third kappa shape index (κ3) is 1.45. The summed E-state index contributed by atoms with van der Waals surface area (Å²) in [6.45, 7) is 6.13. The van der Waals surface area contributed by atoms with Gasteiger partial charge in [-0.15, -0.1) is 5.10 Å². The summed E-state index contributed by atoms with van der Waals surface area (Å²) in [7, 11) is 0. The van der Waals surface area contributed by atoms with Gasteiger partial charge in [-0.25, -0.2) is 0 Å². The summed E-state index contributed by atoms with van der Waals surface area (Å²) in [5, 5.41) is 9.59. The fourth-order valence-corrected chi connectivity index (χ4v) is 0.567. The standard InChI is InChI=1S/C7H11N3/c1-7(2,3)10-8-5-4-6-9-10/h4-5H,1-3H3. The summed E-state index contributed by atoms with van der Waals surface area (Å²) in [6, 6.07) is 0. The van der Waals surface area contributed by atoms with Crippen molar-refractivity contribution in [2.45, 2.75) is 26.3 Å². The minimum Gasteiger partial charge on any atom is -0.171 e. The van der Waals surface area contributed by atoms with Crippen molar-refractivity contribution >= 4 is 12.1 Å². The van der Waals surface area contributed by atoms with Gasteiger partial charge >= 0.3 is 0 Å². The molecule has 0 amide bonds. The van der Waals surface area contributed by atoms with Crippen LogP contribution < -0.4 is 0 Å². The molecular weight excluding hydrogens is 126 g/mol. The predicted molar refractivity (Wildman–Crippen MR) is 42.1 cm³/mol. The molecule has 0 unspecified atom stereocenters. The first-order valence-corrected chi connectivity index (χ1v) is 3.23. The van der Waals surface area contributed by atoms with Crippen molar-refractivity contribution in [3.8, 4) is 0 Å². The topological polar surface area (TPSA) is 28.0 Å². The molecule has 0 spiro atoms. The van der Waals surface area contributed by atoms with Crippen LogP contribution in [0.25, 0.3) is 0 Å². The van der Waals surface area contributed by atoms with Crippen LogP contribution in [0.1, 0.15) is 20.8 Å². The average Bonchev–Trinajstić information content (AvgIpc) is 1.88. The van der Waals surface area contributed by atoms with Gasteiger partial charge in [0, 0.05) is 11.9 Å². The van der Waals surface area contributed by atoms with Gasteiger partial charge in [0.15, 0.2) is 0 Å². The maximum atomic E-state index is 4.02. The first-order valence-electron chi connectivity index (χ1n) is 3.23. The summed E-state index contributed by atoms with van der Waals surface area (Å²) in [6.07, 6.45) is 3.36. The van der Waals surface area contributed by atoms with Crippen LogP contribution >= 0.6 is 0 Å². The highest BCUT2D eigenvalue weighted by Crippen LogP contribution is 2.13. The second-order valence-corrected chi connectivity index (χ2v) is 3.12. The van der Waals surface area contributed by atoms with Gasteiger partial charge in [-0.1, -0.05) is 0 Å². The lowest BCUT2D eigenvalue weighted by atomic mass is 10.1. The molecule has 0 radical (unpaired) electrons. The molecule has 3 heteroatoms. The van der Waals surface area contributed by atoms with Crippen molar-refractivity contribution in [2.75, 3.05) is 0 Å². The van der Waals surface area contributed by atoms with E-state index in [0.29, 0.717) is 0 Å².